The lowest BCUT2D eigenvalue weighted by Gasteiger charge is -2.33. The Morgan fingerprint density at radius 1 is 1.10 bits per heavy atom. The molecule has 0 fully saturated rings. The quantitative estimate of drug-likeness (QED) is 0.895. The third-order valence-electron chi connectivity index (χ3n) is 4.25. The van der Waals surface area contributed by atoms with Crippen molar-refractivity contribution in [1.82, 2.24) is 5.32 Å². The third kappa shape index (κ3) is 2.81. The minimum atomic E-state index is 0.130. The summed E-state index contributed by atoms with van der Waals surface area (Å²) in [5.41, 5.74) is 5.18. The normalized spacial score (nSPS) is 20.7. The zero-order valence-corrected chi connectivity index (χ0v) is 13.0. The van der Waals surface area contributed by atoms with Crippen LogP contribution in [-0.4, -0.2) is 6.54 Å². The molecule has 1 N–H and O–H groups in total. The Hall–Kier alpha value is -1.80. The molecule has 1 aliphatic heterocycles. The van der Waals surface area contributed by atoms with Crippen LogP contribution >= 0.6 is 0 Å². The minimum absolute atomic E-state index is 0.130. The first-order valence-electron chi connectivity index (χ1n) is 7.75. The standard InChI is InChI=1S/C19H23NO/c1-4-20-17-12-19(15-8-6-5-7-14(15)3)21-18-10-9-13(2)11-16(17)18/h5-11,17,19-20H,4,12H2,1-3H3. The molecule has 110 valence electrons. The molecule has 1 aliphatic rings. The van der Waals surface area contributed by atoms with Crippen LogP contribution < -0.4 is 10.1 Å². The largest absolute Gasteiger partial charge is 0.485 e. The number of rotatable bonds is 3. The zero-order chi connectivity index (χ0) is 14.8. The molecule has 0 spiro atoms. The van der Waals surface area contributed by atoms with Gasteiger partial charge in [-0.3, -0.25) is 0 Å². The van der Waals surface area contributed by atoms with Crippen LogP contribution in [0.5, 0.6) is 5.75 Å². The van der Waals surface area contributed by atoms with Gasteiger partial charge in [-0.1, -0.05) is 48.9 Å². The molecule has 0 aliphatic carbocycles. The van der Waals surface area contributed by atoms with E-state index in [1.165, 1.54) is 22.3 Å². The molecule has 0 saturated heterocycles. The number of nitrogens with one attached hydrogen (secondary N) is 1. The van der Waals surface area contributed by atoms with Crippen LogP contribution in [0.15, 0.2) is 42.5 Å². The zero-order valence-electron chi connectivity index (χ0n) is 13.0. The lowest BCUT2D eigenvalue weighted by molar-refractivity contribution is 0.151. The number of hydrogen-bond donors (Lipinski definition) is 1. The number of ether oxygens (including phenoxy) is 1. The second kappa shape index (κ2) is 5.90. The average Bonchev–Trinajstić information content (AvgIpc) is 2.48. The molecule has 21 heavy (non-hydrogen) atoms. The van der Waals surface area contributed by atoms with Gasteiger partial charge in [0.05, 0.1) is 0 Å². The van der Waals surface area contributed by atoms with E-state index in [0.29, 0.717) is 6.04 Å². The highest BCUT2D eigenvalue weighted by molar-refractivity contribution is 5.42. The molecule has 0 aromatic heterocycles. The maximum Gasteiger partial charge on any atom is 0.126 e. The first-order chi connectivity index (χ1) is 10.2. The van der Waals surface area contributed by atoms with Gasteiger partial charge in [0.15, 0.2) is 0 Å². The van der Waals surface area contributed by atoms with Gasteiger partial charge in [0.2, 0.25) is 0 Å². The summed E-state index contributed by atoms with van der Waals surface area (Å²) in [6, 6.07) is 15.4. The molecule has 0 bridgehead atoms. The van der Waals surface area contributed by atoms with Crippen molar-refractivity contribution >= 4 is 0 Å². The maximum atomic E-state index is 6.29. The van der Waals surface area contributed by atoms with Gasteiger partial charge in [-0.15, -0.1) is 0 Å². The molecule has 2 unspecified atom stereocenters. The van der Waals surface area contributed by atoms with Gasteiger partial charge in [0.25, 0.3) is 0 Å². The van der Waals surface area contributed by atoms with Crippen LogP contribution in [0, 0.1) is 13.8 Å². The predicted octanol–water partition coefficient (Wildman–Crippen LogP) is 4.48. The van der Waals surface area contributed by atoms with E-state index in [1.54, 1.807) is 0 Å². The van der Waals surface area contributed by atoms with Gasteiger partial charge in [-0.05, 0) is 37.6 Å². The number of aryl methyl sites for hydroxylation is 2. The van der Waals surface area contributed by atoms with E-state index in [2.05, 4.69) is 68.6 Å². The highest BCUT2D eigenvalue weighted by atomic mass is 16.5. The van der Waals surface area contributed by atoms with E-state index in [0.717, 1.165) is 18.7 Å². The fourth-order valence-corrected chi connectivity index (χ4v) is 3.17. The highest BCUT2D eigenvalue weighted by Gasteiger charge is 2.29. The first-order valence-corrected chi connectivity index (χ1v) is 7.75. The van der Waals surface area contributed by atoms with Crippen LogP contribution in [-0.2, 0) is 0 Å². The summed E-state index contributed by atoms with van der Waals surface area (Å²) < 4.78 is 6.29. The van der Waals surface area contributed by atoms with Gasteiger partial charge in [0, 0.05) is 18.0 Å². The van der Waals surface area contributed by atoms with E-state index < -0.39 is 0 Å². The molecule has 2 nitrogen and oxygen atoms in total. The Labute approximate surface area is 127 Å². The van der Waals surface area contributed by atoms with E-state index in [4.69, 9.17) is 4.74 Å². The van der Waals surface area contributed by atoms with Crippen molar-refractivity contribution in [3.8, 4) is 5.75 Å². The molecule has 2 aromatic carbocycles. The molecule has 2 atom stereocenters. The van der Waals surface area contributed by atoms with Crippen LogP contribution in [0.1, 0.15) is 47.7 Å². The second-order valence-corrected chi connectivity index (χ2v) is 5.85. The molecule has 1 heterocycles. The smallest absolute Gasteiger partial charge is 0.126 e. The van der Waals surface area contributed by atoms with Gasteiger partial charge >= 0.3 is 0 Å². The summed E-state index contributed by atoms with van der Waals surface area (Å²) in [6.07, 6.45) is 1.11. The van der Waals surface area contributed by atoms with E-state index in [-0.39, 0.29) is 6.10 Å². The van der Waals surface area contributed by atoms with Crippen molar-refractivity contribution in [2.45, 2.75) is 39.3 Å². The Kier molecular flexibility index (Phi) is 3.98. The molecule has 0 saturated carbocycles. The number of fused-ring (bicyclic) bond motifs is 1. The van der Waals surface area contributed by atoms with Crippen LogP contribution in [0.3, 0.4) is 0 Å². The molecule has 0 amide bonds. The monoisotopic (exact) mass is 281 g/mol. The Bertz CT molecular complexity index is 635. The Morgan fingerprint density at radius 2 is 1.90 bits per heavy atom. The van der Waals surface area contributed by atoms with Crippen molar-refractivity contribution in [3.63, 3.8) is 0 Å². The molecule has 0 radical (unpaired) electrons. The van der Waals surface area contributed by atoms with E-state index in [9.17, 15) is 0 Å². The van der Waals surface area contributed by atoms with Crippen molar-refractivity contribution in [1.29, 1.82) is 0 Å². The van der Waals surface area contributed by atoms with Crippen molar-refractivity contribution in [2.24, 2.45) is 0 Å². The van der Waals surface area contributed by atoms with Crippen LogP contribution in [0.25, 0.3) is 0 Å². The van der Waals surface area contributed by atoms with Gasteiger partial charge in [-0.2, -0.15) is 0 Å². The van der Waals surface area contributed by atoms with Gasteiger partial charge in [-0.25, -0.2) is 0 Å². The lowest BCUT2D eigenvalue weighted by atomic mass is 9.90. The summed E-state index contributed by atoms with van der Waals surface area (Å²) in [7, 11) is 0. The highest BCUT2D eigenvalue weighted by Crippen LogP contribution is 2.41. The van der Waals surface area contributed by atoms with E-state index >= 15 is 0 Å². The summed E-state index contributed by atoms with van der Waals surface area (Å²) in [5, 5.41) is 3.61. The number of hydrogen-bond acceptors (Lipinski definition) is 2. The molecule has 3 rings (SSSR count). The van der Waals surface area contributed by atoms with Crippen LogP contribution in [0.4, 0.5) is 0 Å². The molecule has 2 heteroatoms. The lowest BCUT2D eigenvalue weighted by Crippen LogP contribution is -2.29. The minimum Gasteiger partial charge on any atom is -0.485 e. The third-order valence-corrected chi connectivity index (χ3v) is 4.25. The van der Waals surface area contributed by atoms with Crippen LogP contribution in [0.2, 0.25) is 0 Å². The summed E-state index contributed by atoms with van der Waals surface area (Å²) in [6.45, 7) is 7.43. The first kappa shape index (κ1) is 14.2. The van der Waals surface area contributed by atoms with E-state index in [1.807, 2.05) is 0 Å². The predicted molar refractivity (Wildman–Crippen MR) is 86.8 cm³/mol. The average molecular weight is 281 g/mol. The topological polar surface area (TPSA) is 21.3 Å². The molecular weight excluding hydrogens is 258 g/mol. The Morgan fingerprint density at radius 3 is 2.67 bits per heavy atom. The van der Waals surface area contributed by atoms with Gasteiger partial charge < -0.3 is 10.1 Å². The van der Waals surface area contributed by atoms with Crippen molar-refractivity contribution in [2.75, 3.05) is 6.54 Å². The fourth-order valence-electron chi connectivity index (χ4n) is 3.17. The SMILES string of the molecule is CCNC1CC(c2ccccc2C)Oc2ccc(C)cc21. The van der Waals surface area contributed by atoms with Gasteiger partial charge in [0.1, 0.15) is 11.9 Å². The summed E-state index contributed by atoms with van der Waals surface area (Å²) in [4.78, 5) is 0. The van der Waals surface area contributed by atoms with Crippen molar-refractivity contribution < 1.29 is 4.74 Å². The van der Waals surface area contributed by atoms with Crippen molar-refractivity contribution in [3.05, 3.63) is 64.7 Å². The Balaban J connectivity index is 1.98. The summed E-state index contributed by atoms with van der Waals surface area (Å²) in [5.74, 6) is 1.02. The summed E-state index contributed by atoms with van der Waals surface area (Å²) >= 11 is 0. The molecular formula is C19H23NO. The fraction of sp³-hybridized carbons (Fsp3) is 0.368. The molecule has 2 aromatic rings. The second-order valence-electron chi connectivity index (χ2n) is 5.85. The number of benzene rings is 2. The maximum absolute atomic E-state index is 6.29.